The normalized spacial score (nSPS) is 43.2. The van der Waals surface area contributed by atoms with Crippen molar-refractivity contribution >= 4 is 27.3 Å². The fourth-order valence-corrected chi connectivity index (χ4v) is 10.00. The molecule has 5 rings (SSSR count). The second-order valence-corrected chi connectivity index (χ2v) is 13.2. The minimum atomic E-state index is -3.45. The van der Waals surface area contributed by atoms with Crippen molar-refractivity contribution in [1.29, 1.82) is 0 Å². The van der Waals surface area contributed by atoms with Crippen molar-refractivity contribution in [3.8, 4) is 0 Å². The number of carbonyl (C=O) groups excluding carboxylic acids is 1. The third kappa shape index (κ3) is 2.88. The minimum absolute atomic E-state index is 0.00669. The maximum atomic E-state index is 12.9. The van der Waals surface area contributed by atoms with Crippen molar-refractivity contribution in [3.63, 3.8) is 0 Å². The van der Waals surface area contributed by atoms with Gasteiger partial charge in [0.1, 0.15) is 4.21 Å². The van der Waals surface area contributed by atoms with E-state index in [1.807, 2.05) is 17.3 Å². The molecule has 30 heavy (non-hydrogen) atoms. The van der Waals surface area contributed by atoms with Gasteiger partial charge in [0.2, 0.25) is 15.9 Å². The monoisotopic (exact) mass is 448 g/mol. The zero-order chi connectivity index (χ0) is 21.3. The number of nitrogens with zero attached hydrogens (tertiary/aromatic N) is 1. The summed E-state index contributed by atoms with van der Waals surface area (Å²) in [6.07, 6.45) is 10.3. The third-order valence-electron chi connectivity index (χ3n) is 9.18. The number of sulfonamides is 1. The van der Waals surface area contributed by atoms with E-state index >= 15 is 0 Å². The molecular weight excluding hydrogens is 416 g/mol. The summed E-state index contributed by atoms with van der Waals surface area (Å²) in [5, 5.41) is 1.82. The van der Waals surface area contributed by atoms with Gasteiger partial charge in [-0.15, -0.1) is 11.3 Å². The topological polar surface area (TPSA) is 66.5 Å². The van der Waals surface area contributed by atoms with Gasteiger partial charge in [0, 0.05) is 24.5 Å². The lowest BCUT2D eigenvalue weighted by Gasteiger charge is -2.60. The highest BCUT2D eigenvalue weighted by molar-refractivity contribution is 7.91. The first kappa shape index (κ1) is 20.7. The van der Waals surface area contributed by atoms with Crippen molar-refractivity contribution in [2.75, 3.05) is 7.05 Å². The summed E-state index contributed by atoms with van der Waals surface area (Å²) < 4.78 is 29.3. The minimum Gasteiger partial charge on any atom is -0.338 e. The molecule has 7 atom stereocenters. The van der Waals surface area contributed by atoms with Crippen LogP contribution in [0.1, 0.15) is 52.4 Å². The first-order chi connectivity index (χ1) is 14.2. The molecule has 164 valence electrons. The number of amides is 1. The Bertz CT molecular complexity index is 973. The average molecular weight is 449 g/mol. The Morgan fingerprint density at radius 3 is 2.67 bits per heavy atom. The first-order valence-corrected chi connectivity index (χ1v) is 13.5. The molecule has 1 unspecified atom stereocenters. The second kappa shape index (κ2) is 6.91. The van der Waals surface area contributed by atoms with Gasteiger partial charge in [0.05, 0.1) is 0 Å². The van der Waals surface area contributed by atoms with Crippen LogP contribution in [0.25, 0.3) is 0 Å². The highest BCUT2D eigenvalue weighted by Gasteiger charge is 2.60. The third-order valence-corrected chi connectivity index (χ3v) is 12.1. The summed E-state index contributed by atoms with van der Waals surface area (Å²) in [5.41, 5.74) is 0.0380. The molecular formula is C23H32N2O3S2. The lowest BCUT2D eigenvalue weighted by atomic mass is 9.48. The molecule has 3 saturated carbocycles. The number of hydrogen-bond donors (Lipinski definition) is 1. The molecule has 3 fully saturated rings. The summed E-state index contributed by atoms with van der Waals surface area (Å²) in [4.78, 5) is 14.2. The number of likely N-dealkylation sites (N-methyl/N-ethyl adjacent to an activating group) is 1. The van der Waals surface area contributed by atoms with E-state index in [1.165, 1.54) is 11.3 Å². The van der Waals surface area contributed by atoms with Crippen molar-refractivity contribution < 1.29 is 13.2 Å². The predicted octanol–water partition coefficient (Wildman–Crippen LogP) is 4.03. The Morgan fingerprint density at radius 2 is 1.93 bits per heavy atom. The number of carbonyl (C=O) groups is 1. The molecule has 4 aliphatic rings. The summed E-state index contributed by atoms with van der Waals surface area (Å²) in [5.74, 6) is 1.84. The summed E-state index contributed by atoms with van der Waals surface area (Å²) in [7, 11) is -1.50. The number of rotatable bonds is 3. The zero-order valence-corrected chi connectivity index (χ0v) is 19.6. The largest absolute Gasteiger partial charge is 0.338 e. The molecule has 0 spiro atoms. The Balaban J connectivity index is 1.41. The van der Waals surface area contributed by atoms with Crippen molar-refractivity contribution in [3.05, 3.63) is 29.7 Å². The number of thiophene rings is 1. The standard InChI is InChI=1S/C23H32N2O3S2/c1-22-12-10-17-15(6-9-19-23(17,2)13-11-20(26)25(19)3)16(22)7-8-18(22)24-30(27,28)21-5-4-14-29-21/h4-5,11,13-19,24H,6-10,12H2,1-3H3/t15-,16-,17-,18?,19+,22-,23+/m0/s1. The van der Waals surface area contributed by atoms with Gasteiger partial charge in [0.15, 0.2) is 0 Å². The fourth-order valence-electron chi connectivity index (χ4n) is 7.59. The van der Waals surface area contributed by atoms with E-state index in [0.717, 1.165) is 38.5 Å². The lowest BCUT2D eigenvalue weighted by Crippen LogP contribution is -2.60. The Morgan fingerprint density at radius 1 is 1.13 bits per heavy atom. The maximum Gasteiger partial charge on any atom is 0.250 e. The van der Waals surface area contributed by atoms with Crippen LogP contribution in [-0.4, -0.2) is 38.4 Å². The van der Waals surface area contributed by atoms with E-state index in [-0.39, 0.29) is 28.8 Å². The Kier molecular flexibility index (Phi) is 4.77. The molecule has 0 aromatic carbocycles. The molecule has 2 heterocycles. The van der Waals surface area contributed by atoms with E-state index in [1.54, 1.807) is 18.2 Å². The molecule has 7 heteroatoms. The van der Waals surface area contributed by atoms with Gasteiger partial charge in [-0.1, -0.05) is 26.0 Å². The van der Waals surface area contributed by atoms with Gasteiger partial charge in [0.25, 0.3) is 0 Å². The predicted molar refractivity (Wildman–Crippen MR) is 119 cm³/mol. The molecule has 1 amide bonds. The van der Waals surface area contributed by atoms with E-state index in [4.69, 9.17) is 0 Å². The molecule has 0 radical (unpaired) electrons. The molecule has 0 bridgehead atoms. The van der Waals surface area contributed by atoms with Crippen LogP contribution >= 0.6 is 11.3 Å². The van der Waals surface area contributed by atoms with Gasteiger partial charge in [-0.2, -0.15) is 0 Å². The highest BCUT2D eigenvalue weighted by Crippen LogP contribution is 2.64. The summed E-state index contributed by atoms with van der Waals surface area (Å²) in [6.45, 7) is 4.67. The zero-order valence-electron chi connectivity index (χ0n) is 18.0. The molecule has 1 aromatic heterocycles. The van der Waals surface area contributed by atoms with Crippen LogP contribution in [0.2, 0.25) is 0 Å². The van der Waals surface area contributed by atoms with Gasteiger partial charge in [-0.05, 0) is 79.2 Å². The quantitative estimate of drug-likeness (QED) is 0.759. The maximum absolute atomic E-state index is 12.9. The van der Waals surface area contributed by atoms with E-state index in [2.05, 4.69) is 24.6 Å². The van der Waals surface area contributed by atoms with Crippen molar-refractivity contribution in [2.45, 2.75) is 68.7 Å². The van der Waals surface area contributed by atoms with Crippen LogP contribution < -0.4 is 4.72 Å². The van der Waals surface area contributed by atoms with Gasteiger partial charge >= 0.3 is 0 Å². The lowest BCUT2D eigenvalue weighted by molar-refractivity contribution is -0.138. The smallest absolute Gasteiger partial charge is 0.250 e. The Hall–Kier alpha value is -1.18. The van der Waals surface area contributed by atoms with Crippen LogP contribution in [0.4, 0.5) is 0 Å². The number of fused-ring (bicyclic) bond motifs is 5. The van der Waals surface area contributed by atoms with Crippen molar-refractivity contribution in [2.24, 2.45) is 28.6 Å². The van der Waals surface area contributed by atoms with Crippen LogP contribution in [0, 0.1) is 28.6 Å². The second-order valence-electron chi connectivity index (χ2n) is 10.3. The van der Waals surface area contributed by atoms with Crippen LogP contribution in [0.3, 0.4) is 0 Å². The summed E-state index contributed by atoms with van der Waals surface area (Å²) in [6, 6.07) is 3.78. The van der Waals surface area contributed by atoms with E-state index in [9.17, 15) is 13.2 Å². The number of nitrogens with one attached hydrogen (secondary N) is 1. The first-order valence-electron chi connectivity index (χ1n) is 11.2. The average Bonchev–Trinajstić information content (AvgIpc) is 3.34. The molecule has 0 saturated heterocycles. The van der Waals surface area contributed by atoms with Crippen LogP contribution in [-0.2, 0) is 14.8 Å². The van der Waals surface area contributed by atoms with Crippen LogP contribution in [0.15, 0.2) is 33.9 Å². The highest BCUT2D eigenvalue weighted by atomic mass is 32.2. The van der Waals surface area contributed by atoms with E-state index < -0.39 is 10.0 Å². The number of hydrogen-bond acceptors (Lipinski definition) is 4. The molecule has 1 N–H and O–H groups in total. The molecule has 5 nitrogen and oxygen atoms in total. The van der Waals surface area contributed by atoms with Crippen LogP contribution in [0.5, 0.6) is 0 Å². The van der Waals surface area contributed by atoms with E-state index in [0.29, 0.717) is 22.0 Å². The summed E-state index contributed by atoms with van der Waals surface area (Å²) >= 11 is 1.28. The molecule has 1 aliphatic heterocycles. The SMILES string of the molecule is CN1C(=O)C=C[C@]2(C)[C@H]3CC[C@]4(C)C(NS(=O)(=O)c5cccs5)CC[C@H]4[C@@H]3CC[C@@H]12. The van der Waals surface area contributed by atoms with Gasteiger partial charge < -0.3 is 4.90 Å². The Labute approximate surface area is 184 Å². The van der Waals surface area contributed by atoms with Gasteiger partial charge in [-0.25, -0.2) is 13.1 Å². The molecule has 3 aliphatic carbocycles. The van der Waals surface area contributed by atoms with Crippen molar-refractivity contribution in [1.82, 2.24) is 9.62 Å². The molecule has 1 aromatic rings. The van der Waals surface area contributed by atoms with Gasteiger partial charge in [-0.3, -0.25) is 4.79 Å². The fraction of sp³-hybridized carbons (Fsp3) is 0.696.